The Labute approximate surface area is 186 Å². The van der Waals surface area contributed by atoms with Crippen molar-refractivity contribution < 1.29 is 4.79 Å². The van der Waals surface area contributed by atoms with Crippen LogP contribution in [0.1, 0.15) is 42.9 Å². The fraction of sp³-hybridized carbons (Fsp3) is 0.440. The van der Waals surface area contributed by atoms with Crippen molar-refractivity contribution in [2.24, 2.45) is 4.99 Å². The van der Waals surface area contributed by atoms with Gasteiger partial charge >= 0.3 is 0 Å². The number of rotatable bonds is 8. The van der Waals surface area contributed by atoms with E-state index in [2.05, 4.69) is 88.2 Å². The van der Waals surface area contributed by atoms with Crippen LogP contribution in [0.3, 0.4) is 0 Å². The quantitative estimate of drug-likeness (QED) is 0.348. The van der Waals surface area contributed by atoms with E-state index in [1.54, 1.807) is 7.05 Å². The summed E-state index contributed by atoms with van der Waals surface area (Å²) in [6.07, 6.45) is 2.11. The molecular formula is C25H35N5O. The highest BCUT2D eigenvalue weighted by atomic mass is 16.2. The van der Waals surface area contributed by atoms with Crippen molar-refractivity contribution in [1.82, 2.24) is 16.0 Å². The summed E-state index contributed by atoms with van der Waals surface area (Å²) in [6.45, 7) is 8.00. The molecule has 31 heavy (non-hydrogen) atoms. The van der Waals surface area contributed by atoms with E-state index in [4.69, 9.17) is 0 Å². The summed E-state index contributed by atoms with van der Waals surface area (Å²) in [4.78, 5) is 18.0. The molecule has 0 spiro atoms. The number of nitrogens with one attached hydrogen (secondary N) is 3. The monoisotopic (exact) mass is 421 g/mol. The molecule has 166 valence electrons. The van der Waals surface area contributed by atoms with Gasteiger partial charge in [-0.2, -0.15) is 0 Å². The summed E-state index contributed by atoms with van der Waals surface area (Å²) in [5.41, 5.74) is 5.03. The zero-order valence-electron chi connectivity index (χ0n) is 18.9. The third-order valence-electron chi connectivity index (χ3n) is 5.60. The minimum atomic E-state index is 0.0828. The fourth-order valence-electron chi connectivity index (χ4n) is 3.66. The number of amides is 1. The van der Waals surface area contributed by atoms with Gasteiger partial charge in [0.25, 0.3) is 0 Å². The van der Waals surface area contributed by atoms with Crippen LogP contribution in [0.2, 0.25) is 0 Å². The van der Waals surface area contributed by atoms with Crippen molar-refractivity contribution in [2.45, 2.75) is 39.2 Å². The molecule has 2 aromatic carbocycles. The van der Waals surface area contributed by atoms with Crippen molar-refractivity contribution in [1.29, 1.82) is 0 Å². The minimum absolute atomic E-state index is 0.0828. The molecule has 6 nitrogen and oxygen atoms in total. The van der Waals surface area contributed by atoms with Gasteiger partial charge in [-0.1, -0.05) is 50.2 Å². The summed E-state index contributed by atoms with van der Waals surface area (Å²) in [6, 6.07) is 17.3. The zero-order chi connectivity index (χ0) is 22.1. The Morgan fingerprint density at radius 2 is 1.77 bits per heavy atom. The largest absolute Gasteiger partial charge is 0.360 e. The Morgan fingerprint density at radius 1 is 1.06 bits per heavy atom. The smallest absolute Gasteiger partial charge is 0.239 e. The average molecular weight is 422 g/mol. The lowest BCUT2D eigenvalue weighted by atomic mass is 10.0. The number of carbonyl (C=O) groups is 1. The summed E-state index contributed by atoms with van der Waals surface area (Å²) in [5, 5.41) is 9.62. The van der Waals surface area contributed by atoms with Crippen LogP contribution >= 0.6 is 0 Å². The van der Waals surface area contributed by atoms with Gasteiger partial charge < -0.3 is 20.9 Å². The first-order chi connectivity index (χ1) is 15.0. The summed E-state index contributed by atoms with van der Waals surface area (Å²) < 4.78 is 0. The van der Waals surface area contributed by atoms with Gasteiger partial charge in [0.1, 0.15) is 0 Å². The molecule has 6 heteroatoms. The molecule has 1 amide bonds. The van der Waals surface area contributed by atoms with Crippen LogP contribution in [0.4, 0.5) is 5.69 Å². The van der Waals surface area contributed by atoms with Gasteiger partial charge in [0, 0.05) is 38.9 Å². The number of aliphatic imine (C=N–C) groups is 1. The van der Waals surface area contributed by atoms with Crippen LogP contribution in [-0.4, -0.2) is 45.1 Å². The lowest BCUT2D eigenvalue weighted by Gasteiger charge is -2.28. The van der Waals surface area contributed by atoms with E-state index in [1.807, 2.05) is 0 Å². The van der Waals surface area contributed by atoms with E-state index in [1.165, 1.54) is 16.7 Å². The number of hydrogen-bond acceptors (Lipinski definition) is 3. The molecule has 0 atom stereocenters. The molecule has 0 bridgehead atoms. The molecule has 0 aliphatic carbocycles. The Kier molecular flexibility index (Phi) is 8.33. The first kappa shape index (κ1) is 22.7. The van der Waals surface area contributed by atoms with E-state index in [0.717, 1.165) is 37.6 Å². The minimum Gasteiger partial charge on any atom is -0.360 e. The first-order valence-electron chi connectivity index (χ1n) is 11.2. The third kappa shape index (κ3) is 7.02. The zero-order valence-corrected chi connectivity index (χ0v) is 18.9. The Morgan fingerprint density at radius 3 is 2.42 bits per heavy atom. The number of guanidine groups is 1. The van der Waals surface area contributed by atoms with Gasteiger partial charge in [0.2, 0.25) is 5.91 Å². The Balaban J connectivity index is 1.38. The summed E-state index contributed by atoms with van der Waals surface area (Å²) >= 11 is 0. The number of anilines is 1. The maximum absolute atomic E-state index is 11.6. The van der Waals surface area contributed by atoms with Crippen LogP contribution < -0.4 is 20.9 Å². The molecule has 3 N–H and O–H groups in total. The fourth-order valence-corrected chi connectivity index (χ4v) is 3.66. The molecule has 3 rings (SSSR count). The standard InChI is InChI=1S/C25H35N5O/c1-19(2)22-10-6-20(7-11-22)5-4-14-28-25(26-3)29-17-21-8-12-23(13-9-21)30-16-15-27-24(31)18-30/h6-13,19H,4-5,14-18H2,1-3H3,(H,27,31)(H2,26,28,29). The van der Waals surface area contributed by atoms with Gasteiger partial charge in [0.05, 0.1) is 6.54 Å². The average Bonchev–Trinajstić information content (AvgIpc) is 2.79. The number of aryl methyl sites for hydroxylation is 1. The first-order valence-corrected chi connectivity index (χ1v) is 11.2. The van der Waals surface area contributed by atoms with Crippen LogP contribution in [0.5, 0.6) is 0 Å². The van der Waals surface area contributed by atoms with E-state index < -0.39 is 0 Å². The van der Waals surface area contributed by atoms with E-state index in [0.29, 0.717) is 25.6 Å². The number of carbonyl (C=O) groups excluding carboxylic acids is 1. The van der Waals surface area contributed by atoms with Crippen LogP contribution in [0.15, 0.2) is 53.5 Å². The van der Waals surface area contributed by atoms with Gasteiger partial charge in [-0.25, -0.2) is 0 Å². The molecule has 1 saturated heterocycles. The van der Waals surface area contributed by atoms with Gasteiger partial charge in [0.15, 0.2) is 5.96 Å². The lowest BCUT2D eigenvalue weighted by molar-refractivity contribution is -0.120. The highest BCUT2D eigenvalue weighted by Gasteiger charge is 2.16. The molecule has 1 aliphatic heterocycles. The topological polar surface area (TPSA) is 68.8 Å². The third-order valence-corrected chi connectivity index (χ3v) is 5.60. The SMILES string of the molecule is CN=C(NCCCc1ccc(C(C)C)cc1)NCc1ccc(N2CCNC(=O)C2)cc1. The summed E-state index contributed by atoms with van der Waals surface area (Å²) in [5.74, 6) is 1.47. The maximum atomic E-state index is 11.6. The number of benzene rings is 2. The van der Waals surface area contributed by atoms with Gasteiger partial charge in [-0.15, -0.1) is 0 Å². The van der Waals surface area contributed by atoms with Crippen LogP contribution in [0, 0.1) is 0 Å². The number of piperazine rings is 1. The van der Waals surface area contributed by atoms with E-state index in [9.17, 15) is 4.79 Å². The lowest BCUT2D eigenvalue weighted by Crippen LogP contribution is -2.47. The van der Waals surface area contributed by atoms with Crippen molar-refractivity contribution in [3.05, 3.63) is 65.2 Å². The molecule has 0 unspecified atom stereocenters. The van der Waals surface area contributed by atoms with Crippen LogP contribution in [-0.2, 0) is 17.8 Å². The molecule has 0 aromatic heterocycles. The predicted molar refractivity (Wildman–Crippen MR) is 129 cm³/mol. The molecule has 1 heterocycles. The number of nitrogens with zero attached hydrogens (tertiary/aromatic N) is 2. The Bertz CT molecular complexity index is 858. The highest BCUT2D eigenvalue weighted by Crippen LogP contribution is 2.16. The second-order valence-corrected chi connectivity index (χ2v) is 8.29. The normalized spacial score (nSPS) is 14.5. The Hall–Kier alpha value is -3.02. The number of hydrogen-bond donors (Lipinski definition) is 3. The molecule has 1 fully saturated rings. The maximum Gasteiger partial charge on any atom is 0.239 e. The van der Waals surface area contributed by atoms with Crippen molar-refractivity contribution in [2.75, 3.05) is 38.1 Å². The second kappa shape index (κ2) is 11.4. The van der Waals surface area contributed by atoms with Gasteiger partial charge in [-0.05, 0) is 47.6 Å². The van der Waals surface area contributed by atoms with Crippen molar-refractivity contribution >= 4 is 17.6 Å². The van der Waals surface area contributed by atoms with Crippen molar-refractivity contribution in [3.63, 3.8) is 0 Å². The van der Waals surface area contributed by atoms with Crippen LogP contribution in [0.25, 0.3) is 0 Å². The molecule has 0 radical (unpaired) electrons. The van der Waals surface area contributed by atoms with E-state index in [-0.39, 0.29) is 5.91 Å². The molecule has 0 saturated carbocycles. The summed E-state index contributed by atoms with van der Waals surface area (Å²) in [7, 11) is 1.80. The second-order valence-electron chi connectivity index (χ2n) is 8.29. The van der Waals surface area contributed by atoms with Gasteiger partial charge in [-0.3, -0.25) is 9.79 Å². The molecular weight excluding hydrogens is 386 g/mol. The highest BCUT2D eigenvalue weighted by molar-refractivity contribution is 5.82. The molecule has 2 aromatic rings. The van der Waals surface area contributed by atoms with Crippen molar-refractivity contribution in [3.8, 4) is 0 Å². The molecule has 1 aliphatic rings. The van der Waals surface area contributed by atoms with E-state index >= 15 is 0 Å². The predicted octanol–water partition coefficient (Wildman–Crippen LogP) is 3.04.